The first-order valence-electron chi connectivity index (χ1n) is 9.44. The van der Waals surface area contributed by atoms with Crippen molar-refractivity contribution in [3.05, 3.63) is 35.5 Å². The van der Waals surface area contributed by atoms with Crippen LogP contribution in [0.25, 0.3) is 0 Å². The molecule has 0 bridgehead atoms. The van der Waals surface area contributed by atoms with Crippen molar-refractivity contribution in [1.82, 2.24) is 10.6 Å². The minimum absolute atomic E-state index is 0.111. The number of rotatable bonds is 8. The molecule has 1 aliphatic rings. The molecule has 27 heavy (non-hydrogen) atoms. The number of hydrogen-bond acceptors (Lipinski definition) is 5. The monoisotopic (exact) mass is 371 g/mol. The minimum atomic E-state index is -0.353. The number of amides is 1. The fraction of sp³-hybridized carbons (Fsp3) is 0.524. The smallest absolute Gasteiger partial charge is 0.263 e. The van der Waals surface area contributed by atoms with Crippen LogP contribution in [0, 0.1) is 17.2 Å². The highest BCUT2D eigenvalue weighted by atomic mass is 16.5. The SMILES string of the molecule is COc1ccc(CCNC(=O)/C(C#N)=C\NC2CCCCC2C)cc1OC. The molecule has 1 aromatic rings. The molecule has 2 rings (SSSR count). The Labute approximate surface area is 161 Å². The van der Waals surface area contributed by atoms with Gasteiger partial charge in [0.2, 0.25) is 0 Å². The predicted octanol–water partition coefficient (Wildman–Crippen LogP) is 2.94. The zero-order chi connectivity index (χ0) is 19.6. The van der Waals surface area contributed by atoms with Crippen LogP contribution < -0.4 is 20.1 Å². The minimum Gasteiger partial charge on any atom is -0.493 e. The Hall–Kier alpha value is -2.68. The third kappa shape index (κ3) is 5.92. The lowest BCUT2D eigenvalue weighted by Gasteiger charge is -2.29. The number of carbonyl (C=O) groups is 1. The molecule has 0 spiro atoms. The first kappa shape index (κ1) is 20.6. The van der Waals surface area contributed by atoms with Gasteiger partial charge in [0.25, 0.3) is 5.91 Å². The van der Waals surface area contributed by atoms with Gasteiger partial charge in [-0.05, 0) is 42.9 Å². The van der Waals surface area contributed by atoms with Crippen molar-refractivity contribution < 1.29 is 14.3 Å². The van der Waals surface area contributed by atoms with Crippen molar-refractivity contribution >= 4 is 5.91 Å². The van der Waals surface area contributed by atoms with E-state index in [2.05, 4.69) is 17.6 Å². The number of benzene rings is 1. The highest BCUT2D eigenvalue weighted by Crippen LogP contribution is 2.27. The van der Waals surface area contributed by atoms with E-state index in [0.29, 0.717) is 36.4 Å². The van der Waals surface area contributed by atoms with Crippen LogP contribution in [-0.2, 0) is 11.2 Å². The van der Waals surface area contributed by atoms with E-state index in [9.17, 15) is 10.1 Å². The van der Waals surface area contributed by atoms with Gasteiger partial charge in [-0.3, -0.25) is 4.79 Å². The van der Waals surface area contributed by atoms with Gasteiger partial charge in [-0.1, -0.05) is 25.8 Å². The van der Waals surface area contributed by atoms with E-state index < -0.39 is 0 Å². The second kappa shape index (κ2) is 10.5. The molecule has 2 unspecified atom stereocenters. The summed E-state index contributed by atoms with van der Waals surface area (Å²) < 4.78 is 10.5. The molecule has 1 amide bonds. The molecule has 2 atom stereocenters. The van der Waals surface area contributed by atoms with Gasteiger partial charge in [-0.15, -0.1) is 0 Å². The molecule has 2 N–H and O–H groups in total. The molecule has 6 nitrogen and oxygen atoms in total. The molecule has 0 aromatic heterocycles. The molecular weight excluding hydrogens is 342 g/mol. The standard InChI is InChI=1S/C21H29N3O3/c1-15-6-4-5-7-18(15)24-14-17(13-22)21(25)23-11-10-16-8-9-19(26-2)20(12-16)27-3/h8-9,12,14-15,18,24H,4-7,10-11H2,1-3H3,(H,23,25)/b17-14-. The quantitative estimate of drug-likeness (QED) is 0.542. The average molecular weight is 371 g/mol. The maximum atomic E-state index is 12.3. The largest absolute Gasteiger partial charge is 0.493 e. The van der Waals surface area contributed by atoms with Crippen LogP contribution in [0.2, 0.25) is 0 Å². The number of carbonyl (C=O) groups excluding carboxylic acids is 1. The fourth-order valence-corrected chi connectivity index (χ4v) is 3.35. The normalized spacial score (nSPS) is 19.7. The second-order valence-electron chi connectivity index (χ2n) is 6.90. The molecule has 1 saturated carbocycles. The van der Waals surface area contributed by atoms with Gasteiger partial charge in [-0.2, -0.15) is 5.26 Å². The first-order chi connectivity index (χ1) is 13.1. The van der Waals surface area contributed by atoms with Gasteiger partial charge in [0, 0.05) is 18.8 Å². The molecule has 1 fully saturated rings. The van der Waals surface area contributed by atoms with E-state index in [1.807, 2.05) is 24.3 Å². The first-order valence-corrected chi connectivity index (χ1v) is 9.44. The molecule has 6 heteroatoms. The topological polar surface area (TPSA) is 83.4 Å². The number of nitrogens with zero attached hydrogens (tertiary/aromatic N) is 1. The molecule has 1 aliphatic carbocycles. The number of nitrogens with one attached hydrogen (secondary N) is 2. The Balaban J connectivity index is 1.86. The van der Waals surface area contributed by atoms with Crippen molar-refractivity contribution in [3.8, 4) is 17.6 Å². The number of ether oxygens (including phenoxy) is 2. The Kier molecular flexibility index (Phi) is 8.00. The van der Waals surface area contributed by atoms with Crippen molar-refractivity contribution in [2.75, 3.05) is 20.8 Å². The van der Waals surface area contributed by atoms with Crippen LogP contribution in [0.3, 0.4) is 0 Å². The summed E-state index contributed by atoms with van der Waals surface area (Å²) in [4.78, 5) is 12.3. The van der Waals surface area contributed by atoms with Crippen molar-refractivity contribution in [2.24, 2.45) is 5.92 Å². The molecule has 0 saturated heterocycles. The summed E-state index contributed by atoms with van der Waals surface area (Å²) in [7, 11) is 3.18. The summed E-state index contributed by atoms with van der Waals surface area (Å²) >= 11 is 0. The fourth-order valence-electron chi connectivity index (χ4n) is 3.35. The van der Waals surface area contributed by atoms with Crippen LogP contribution in [0.4, 0.5) is 0 Å². The lowest BCUT2D eigenvalue weighted by molar-refractivity contribution is -0.117. The summed E-state index contributed by atoms with van der Waals surface area (Å²) in [6.07, 6.45) is 6.92. The Morgan fingerprint density at radius 3 is 2.67 bits per heavy atom. The van der Waals surface area contributed by atoms with E-state index in [-0.39, 0.29) is 11.5 Å². The zero-order valence-corrected chi connectivity index (χ0v) is 16.4. The zero-order valence-electron chi connectivity index (χ0n) is 16.4. The summed E-state index contributed by atoms with van der Waals surface area (Å²) in [5.41, 5.74) is 1.13. The van der Waals surface area contributed by atoms with E-state index in [1.54, 1.807) is 20.4 Å². The van der Waals surface area contributed by atoms with Gasteiger partial charge in [0.15, 0.2) is 11.5 Å². The van der Waals surface area contributed by atoms with Crippen molar-refractivity contribution in [1.29, 1.82) is 5.26 Å². The van der Waals surface area contributed by atoms with E-state index >= 15 is 0 Å². The van der Waals surface area contributed by atoms with Gasteiger partial charge < -0.3 is 20.1 Å². The maximum Gasteiger partial charge on any atom is 0.263 e. The third-order valence-corrected chi connectivity index (χ3v) is 5.07. The molecule has 1 aromatic carbocycles. The third-order valence-electron chi connectivity index (χ3n) is 5.07. The van der Waals surface area contributed by atoms with E-state index in [4.69, 9.17) is 9.47 Å². The van der Waals surface area contributed by atoms with Gasteiger partial charge in [-0.25, -0.2) is 0 Å². The predicted molar refractivity (Wildman–Crippen MR) is 105 cm³/mol. The Bertz CT molecular complexity index is 709. The summed E-state index contributed by atoms with van der Waals surface area (Å²) in [5, 5.41) is 15.4. The van der Waals surface area contributed by atoms with Gasteiger partial charge >= 0.3 is 0 Å². The maximum absolute atomic E-state index is 12.3. The second-order valence-corrected chi connectivity index (χ2v) is 6.90. The van der Waals surface area contributed by atoms with Crippen LogP contribution >= 0.6 is 0 Å². The van der Waals surface area contributed by atoms with Gasteiger partial charge in [0.05, 0.1) is 14.2 Å². The molecule has 0 radical (unpaired) electrons. The molecular formula is C21H29N3O3. The average Bonchev–Trinajstić information content (AvgIpc) is 2.69. The highest BCUT2D eigenvalue weighted by molar-refractivity contribution is 5.97. The van der Waals surface area contributed by atoms with Crippen molar-refractivity contribution in [2.45, 2.75) is 45.1 Å². The van der Waals surface area contributed by atoms with E-state index in [1.165, 1.54) is 19.3 Å². The summed E-state index contributed by atoms with van der Waals surface area (Å²) in [6, 6.07) is 7.98. The van der Waals surface area contributed by atoms with Crippen LogP contribution in [-0.4, -0.2) is 32.7 Å². The number of nitriles is 1. The van der Waals surface area contributed by atoms with Crippen LogP contribution in [0.5, 0.6) is 11.5 Å². The van der Waals surface area contributed by atoms with Crippen molar-refractivity contribution in [3.63, 3.8) is 0 Å². The van der Waals surface area contributed by atoms with Gasteiger partial charge in [0.1, 0.15) is 11.6 Å². The summed E-state index contributed by atoms with van der Waals surface area (Å²) in [5.74, 6) is 1.53. The Morgan fingerprint density at radius 1 is 1.26 bits per heavy atom. The number of methoxy groups -OCH3 is 2. The molecule has 0 heterocycles. The molecule has 0 aliphatic heterocycles. The summed E-state index contributed by atoms with van der Waals surface area (Å²) in [6.45, 7) is 2.65. The van der Waals surface area contributed by atoms with E-state index in [0.717, 1.165) is 12.0 Å². The number of hydrogen-bond donors (Lipinski definition) is 2. The molecule has 146 valence electrons. The van der Waals surface area contributed by atoms with Crippen LogP contribution in [0.1, 0.15) is 38.2 Å². The van der Waals surface area contributed by atoms with Crippen LogP contribution in [0.15, 0.2) is 30.0 Å². The Morgan fingerprint density at radius 2 is 2.00 bits per heavy atom. The highest BCUT2D eigenvalue weighted by Gasteiger charge is 2.20. The lowest BCUT2D eigenvalue weighted by Crippen LogP contribution is -2.35. The lowest BCUT2D eigenvalue weighted by atomic mass is 9.86.